The average molecular weight is 425 g/mol. The van der Waals surface area contributed by atoms with E-state index < -0.39 is 10.0 Å². The second-order valence-corrected chi connectivity index (χ2v) is 10.1. The normalized spacial score (nSPS) is 15.5. The first-order chi connectivity index (χ1) is 13.1. The molecule has 0 unspecified atom stereocenters. The van der Waals surface area contributed by atoms with E-state index in [0.29, 0.717) is 29.5 Å². The Balaban J connectivity index is 1.56. The number of pyridine rings is 1. The largest absolute Gasteiger partial charge is 0.474 e. The highest BCUT2D eigenvalue weighted by molar-refractivity contribution is 7.92. The maximum absolute atomic E-state index is 12.7. The Bertz CT molecular complexity index is 948. The molecule has 0 radical (unpaired) electrons. The van der Waals surface area contributed by atoms with Crippen LogP contribution in [0.15, 0.2) is 18.3 Å². The summed E-state index contributed by atoms with van der Waals surface area (Å²) in [6, 6.07) is 3.33. The minimum atomic E-state index is -3.32. The molecule has 1 saturated heterocycles. The number of piperidine rings is 1. The first-order valence-electron chi connectivity index (χ1n) is 8.95. The van der Waals surface area contributed by atoms with Crippen molar-refractivity contribution in [2.45, 2.75) is 32.8 Å². The van der Waals surface area contributed by atoms with Crippen molar-refractivity contribution in [3.05, 3.63) is 33.9 Å². The molecule has 1 aliphatic heterocycles. The summed E-state index contributed by atoms with van der Waals surface area (Å²) in [6.07, 6.45) is 4.02. The van der Waals surface area contributed by atoms with E-state index in [1.54, 1.807) is 12.1 Å². The van der Waals surface area contributed by atoms with E-state index in [0.717, 1.165) is 34.1 Å². The first-order valence-corrected chi connectivity index (χ1v) is 11.6. The zero-order valence-corrected chi connectivity index (χ0v) is 18.0. The van der Waals surface area contributed by atoms with Gasteiger partial charge in [-0.3, -0.25) is 9.10 Å². The van der Waals surface area contributed by atoms with Gasteiger partial charge in [0, 0.05) is 39.0 Å². The molecular formula is C18H24N4O4S2. The van der Waals surface area contributed by atoms with Gasteiger partial charge in [0.1, 0.15) is 11.0 Å². The summed E-state index contributed by atoms with van der Waals surface area (Å²) in [6.45, 7) is 5.01. The van der Waals surface area contributed by atoms with Crippen LogP contribution in [0.3, 0.4) is 0 Å². The van der Waals surface area contributed by atoms with Crippen molar-refractivity contribution in [2.75, 3.05) is 30.7 Å². The predicted octanol–water partition coefficient (Wildman–Crippen LogP) is 2.23. The fourth-order valence-corrected chi connectivity index (χ4v) is 4.42. The molecule has 0 N–H and O–H groups in total. The average Bonchev–Trinajstić information content (AvgIpc) is 2.99. The van der Waals surface area contributed by atoms with Crippen molar-refractivity contribution in [1.29, 1.82) is 0 Å². The van der Waals surface area contributed by atoms with Crippen molar-refractivity contribution in [1.82, 2.24) is 14.9 Å². The van der Waals surface area contributed by atoms with Crippen molar-refractivity contribution in [3.63, 3.8) is 0 Å². The maximum Gasteiger partial charge on any atom is 0.265 e. The van der Waals surface area contributed by atoms with Gasteiger partial charge in [0.25, 0.3) is 5.91 Å². The highest BCUT2D eigenvalue weighted by atomic mass is 32.2. The lowest BCUT2D eigenvalue weighted by atomic mass is 10.1. The Morgan fingerprint density at radius 3 is 2.46 bits per heavy atom. The van der Waals surface area contributed by atoms with Crippen LogP contribution >= 0.6 is 11.3 Å². The summed E-state index contributed by atoms with van der Waals surface area (Å²) in [5.74, 6) is 0.484. The molecule has 0 aliphatic carbocycles. The smallest absolute Gasteiger partial charge is 0.265 e. The van der Waals surface area contributed by atoms with Crippen LogP contribution in [-0.4, -0.2) is 61.7 Å². The van der Waals surface area contributed by atoms with Crippen LogP contribution in [0.5, 0.6) is 5.88 Å². The number of hydrogen-bond acceptors (Lipinski definition) is 7. The van der Waals surface area contributed by atoms with E-state index in [2.05, 4.69) is 9.97 Å². The number of rotatable bonds is 5. The SMILES string of the molecule is Cc1nc(C)c(C(=O)N2CCC(Oc3ccc(N(C)S(C)(=O)=O)cn3)CC2)s1. The van der Waals surface area contributed by atoms with Gasteiger partial charge in [-0.25, -0.2) is 18.4 Å². The lowest BCUT2D eigenvalue weighted by Gasteiger charge is -2.31. The third-order valence-electron chi connectivity index (χ3n) is 4.70. The number of aromatic nitrogens is 2. The van der Waals surface area contributed by atoms with Crippen molar-refractivity contribution in [3.8, 4) is 5.88 Å². The number of carbonyl (C=O) groups excluding carboxylic acids is 1. The Hall–Kier alpha value is -2.20. The van der Waals surface area contributed by atoms with Crippen LogP contribution in [0, 0.1) is 13.8 Å². The molecule has 2 aromatic heterocycles. The van der Waals surface area contributed by atoms with Gasteiger partial charge < -0.3 is 9.64 Å². The van der Waals surface area contributed by atoms with Gasteiger partial charge in [-0.1, -0.05) is 0 Å². The van der Waals surface area contributed by atoms with Gasteiger partial charge in [-0.15, -0.1) is 11.3 Å². The Labute approximate surface area is 169 Å². The van der Waals surface area contributed by atoms with E-state index in [1.165, 1.54) is 24.6 Å². The number of thiazole rings is 1. The summed E-state index contributed by atoms with van der Waals surface area (Å²) in [7, 11) is -1.85. The highest BCUT2D eigenvalue weighted by Crippen LogP contribution is 2.24. The van der Waals surface area contributed by atoms with Gasteiger partial charge in [-0.05, 0) is 19.9 Å². The number of nitrogens with zero attached hydrogens (tertiary/aromatic N) is 4. The predicted molar refractivity (Wildman–Crippen MR) is 109 cm³/mol. The number of sulfonamides is 1. The topological polar surface area (TPSA) is 92.7 Å². The molecule has 28 heavy (non-hydrogen) atoms. The third-order valence-corrected chi connectivity index (χ3v) is 6.96. The Morgan fingerprint density at radius 2 is 1.96 bits per heavy atom. The minimum absolute atomic E-state index is 0.0284. The van der Waals surface area contributed by atoms with Gasteiger partial charge >= 0.3 is 0 Å². The highest BCUT2D eigenvalue weighted by Gasteiger charge is 2.27. The third kappa shape index (κ3) is 4.61. The zero-order valence-electron chi connectivity index (χ0n) is 16.4. The molecule has 1 fully saturated rings. The Kier molecular flexibility index (Phi) is 5.90. The molecule has 0 atom stereocenters. The van der Waals surface area contributed by atoms with Gasteiger partial charge in [0.2, 0.25) is 15.9 Å². The molecule has 0 bridgehead atoms. The number of anilines is 1. The van der Waals surface area contributed by atoms with E-state index in [-0.39, 0.29) is 12.0 Å². The van der Waals surface area contributed by atoms with Crippen LogP contribution in [0.25, 0.3) is 0 Å². The molecule has 1 aliphatic rings. The number of carbonyl (C=O) groups is 1. The molecule has 2 aromatic rings. The summed E-state index contributed by atoms with van der Waals surface area (Å²) in [5.41, 5.74) is 1.26. The fourth-order valence-electron chi connectivity index (χ4n) is 3.04. The van der Waals surface area contributed by atoms with Gasteiger partial charge in [-0.2, -0.15) is 0 Å². The van der Waals surface area contributed by atoms with Crippen molar-refractivity contribution in [2.24, 2.45) is 0 Å². The minimum Gasteiger partial charge on any atom is -0.474 e. The van der Waals surface area contributed by atoms with Crippen LogP contribution in [0.1, 0.15) is 33.2 Å². The standard InChI is InChI=1S/C18H24N4O4S2/c1-12-17(27-13(2)20-12)18(23)22-9-7-15(8-10-22)26-16-6-5-14(11-19-16)21(3)28(4,24)25/h5-6,11,15H,7-10H2,1-4H3. The molecular weight excluding hydrogens is 400 g/mol. The monoisotopic (exact) mass is 424 g/mol. The fraction of sp³-hybridized carbons (Fsp3) is 0.500. The second kappa shape index (κ2) is 8.04. The molecule has 3 rings (SSSR count). The summed E-state index contributed by atoms with van der Waals surface area (Å²) >= 11 is 1.43. The number of aryl methyl sites for hydroxylation is 2. The van der Waals surface area contributed by atoms with E-state index in [9.17, 15) is 13.2 Å². The zero-order chi connectivity index (χ0) is 20.5. The number of hydrogen-bond donors (Lipinski definition) is 0. The van der Waals surface area contributed by atoms with Crippen LogP contribution in [-0.2, 0) is 10.0 Å². The Morgan fingerprint density at radius 1 is 1.29 bits per heavy atom. The molecule has 10 heteroatoms. The molecule has 3 heterocycles. The maximum atomic E-state index is 12.7. The summed E-state index contributed by atoms with van der Waals surface area (Å²) in [5, 5.41) is 0.898. The lowest BCUT2D eigenvalue weighted by molar-refractivity contribution is 0.0591. The second-order valence-electron chi connectivity index (χ2n) is 6.84. The van der Waals surface area contributed by atoms with Gasteiger partial charge in [0.15, 0.2) is 0 Å². The van der Waals surface area contributed by atoms with E-state index in [4.69, 9.17) is 4.74 Å². The van der Waals surface area contributed by atoms with Crippen LogP contribution in [0.4, 0.5) is 5.69 Å². The van der Waals surface area contributed by atoms with E-state index >= 15 is 0 Å². The van der Waals surface area contributed by atoms with E-state index in [1.807, 2.05) is 18.7 Å². The van der Waals surface area contributed by atoms with Crippen molar-refractivity contribution >= 4 is 33.0 Å². The molecule has 0 saturated carbocycles. The van der Waals surface area contributed by atoms with Crippen LogP contribution in [0.2, 0.25) is 0 Å². The van der Waals surface area contributed by atoms with Crippen molar-refractivity contribution < 1.29 is 17.9 Å². The first kappa shape index (κ1) is 20.5. The summed E-state index contributed by atoms with van der Waals surface area (Å²) < 4.78 is 30.2. The number of amides is 1. The number of likely N-dealkylation sites (tertiary alicyclic amines) is 1. The summed E-state index contributed by atoms with van der Waals surface area (Å²) in [4.78, 5) is 23.8. The molecule has 8 nitrogen and oxygen atoms in total. The quantitative estimate of drug-likeness (QED) is 0.731. The molecule has 0 aromatic carbocycles. The number of ether oxygens (including phenoxy) is 1. The molecule has 1 amide bonds. The lowest BCUT2D eigenvalue weighted by Crippen LogP contribution is -2.41. The van der Waals surface area contributed by atoms with Crippen LogP contribution < -0.4 is 9.04 Å². The molecule has 0 spiro atoms. The van der Waals surface area contributed by atoms with Gasteiger partial charge in [0.05, 0.1) is 28.8 Å². The molecule has 152 valence electrons.